The Balaban J connectivity index is 1.46. The number of hydrogen-bond acceptors (Lipinski definition) is 5. The number of carbonyl (C=O) groups is 1. The van der Waals surface area contributed by atoms with E-state index >= 15 is 0 Å². The summed E-state index contributed by atoms with van der Waals surface area (Å²) >= 11 is 0. The second kappa shape index (κ2) is 8.71. The molecule has 2 atom stereocenters. The van der Waals surface area contributed by atoms with Gasteiger partial charge in [-0.25, -0.2) is 4.98 Å². The van der Waals surface area contributed by atoms with Crippen LogP contribution in [0.4, 0.5) is 0 Å². The van der Waals surface area contributed by atoms with Crippen molar-refractivity contribution in [1.82, 2.24) is 19.9 Å². The molecule has 1 N–H and O–H groups in total. The smallest absolute Gasteiger partial charge is 0.263 e. The lowest BCUT2D eigenvalue weighted by Crippen LogP contribution is -2.39. The van der Waals surface area contributed by atoms with E-state index in [1.807, 2.05) is 38.1 Å². The minimum atomic E-state index is -0.587. The van der Waals surface area contributed by atoms with Crippen LogP contribution < -0.4 is 10.3 Å². The molecule has 1 aromatic carbocycles. The summed E-state index contributed by atoms with van der Waals surface area (Å²) in [5.41, 5.74) is 3.27. The number of aryl methyl sites for hydroxylation is 2. The van der Waals surface area contributed by atoms with Crippen LogP contribution in [0.3, 0.4) is 0 Å². The van der Waals surface area contributed by atoms with Gasteiger partial charge in [0.25, 0.3) is 11.5 Å². The zero-order valence-electron chi connectivity index (χ0n) is 18.0. The molecule has 1 amide bonds. The minimum Gasteiger partial charge on any atom is -0.481 e. The lowest BCUT2D eigenvalue weighted by Gasteiger charge is -2.22. The van der Waals surface area contributed by atoms with Crippen molar-refractivity contribution in [2.45, 2.75) is 39.2 Å². The third kappa shape index (κ3) is 4.82. The average Bonchev–Trinajstić information content (AvgIpc) is 3.23. The van der Waals surface area contributed by atoms with Gasteiger partial charge in [-0.05, 0) is 62.6 Å². The summed E-state index contributed by atoms with van der Waals surface area (Å²) in [5, 5.41) is 0. The van der Waals surface area contributed by atoms with Gasteiger partial charge in [0.2, 0.25) is 0 Å². The van der Waals surface area contributed by atoms with E-state index in [4.69, 9.17) is 4.74 Å². The molecular weight excluding hydrogens is 392 g/mol. The highest BCUT2D eigenvalue weighted by Crippen LogP contribution is 2.27. The van der Waals surface area contributed by atoms with Gasteiger partial charge in [0.15, 0.2) is 11.9 Å². The van der Waals surface area contributed by atoms with Gasteiger partial charge >= 0.3 is 0 Å². The van der Waals surface area contributed by atoms with Gasteiger partial charge < -0.3 is 14.6 Å². The largest absolute Gasteiger partial charge is 0.481 e. The lowest BCUT2D eigenvalue weighted by atomic mass is 10.0. The van der Waals surface area contributed by atoms with Crippen LogP contribution in [0.5, 0.6) is 5.75 Å². The number of benzene rings is 1. The summed E-state index contributed by atoms with van der Waals surface area (Å²) < 4.78 is 5.92. The van der Waals surface area contributed by atoms with Gasteiger partial charge in [0.1, 0.15) is 11.4 Å². The van der Waals surface area contributed by atoms with Crippen molar-refractivity contribution in [3.63, 3.8) is 0 Å². The fourth-order valence-corrected chi connectivity index (χ4v) is 4.02. The number of carbonyl (C=O) groups excluding carboxylic acids is 1. The third-order valence-corrected chi connectivity index (χ3v) is 5.44. The lowest BCUT2D eigenvalue weighted by molar-refractivity contribution is -0.136. The first-order valence-electron chi connectivity index (χ1n) is 10.5. The number of ether oxygens (including phenoxy) is 1. The van der Waals surface area contributed by atoms with Gasteiger partial charge in [-0.1, -0.05) is 12.1 Å². The van der Waals surface area contributed by atoms with Crippen molar-refractivity contribution in [1.29, 1.82) is 0 Å². The Labute approximate surface area is 181 Å². The zero-order chi connectivity index (χ0) is 22.0. The fourth-order valence-electron chi connectivity index (χ4n) is 4.02. The molecule has 1 saturated heterocycles. The summed E-state index contributed by atoms with van der Waals surface area (Å²) in [4.78, 5) is 38.6. The van der Waals surface area contributed by atoms with Gasteiger partial charge in [-0.2, -0.15) is 0 Å². The maximum Gasteiger partial charge on any atom is 0.263 e. The first-order chi connectivity index (χ1) is 14.9. The number of H-pyrrole nitrogens is 1. The minimum absolute atomic E-state index is 0.00197. The van der Waals surface area contributed by atoms with Crippen LogP contribution in [0.2, 0.25) is 0 Å². The quantitative estimate of drug-likeness (QED) is 0.687. The van der Waals surface area contributed by atoms with E-state index in [0.717, 1.165) is 17.5 Å². The van der Waals surface area contributed by atoms with Crippen molar-refractivity contribution in [3.05, 3.63) is 75.8 Å². The predicted molar refractivity (Wildman–Crippen MR) is 118 cm³/mol. The first kappa shape index (κ1) is 20.8. The number of likely N-dealkylation sites (tertiary alicyclic amines) is 1. The molecule has 3 aromatic rings. The molecule has 1 aliphatic rings. The van der Waals surface area contributed by atoms with E-state index in [0.29, 0.717) is 36.1 Å². The van der Waals surface area contributed by atoms with Crippen molar-refractivity contribution >= 4 is 5.91 Å². The Morgan fingerprint density at radius 2 is 1.97 bits per heavy atom. The number of aromatic amines is 1. The highest BCUT2D eigenvalue weighted by Gasteiger charge is 2.32. The Bertz CT molecular complexity index is 1120. The van der Waals surface area contributed by atoms with Crippen molar-refractivity contribution in [2.24, 2.45) is 0 Å². The van der Waals surface area contributed by atoms with Gasteiger partial charge in [0.05, 0.1) is 5.69 Å². The van der Waals surface area contributed by atoms with Crippen LogP contribution in [-0.2, 0) is 4.79 Å². The summed E-state index contributed by atoms with van der Waals surface area (Å²) in [7, 11) is 0. The maximum atomic E-state index is 13.0. The molecule has 0 saturated carbocycles. The Morgan fingerprint density at radius 3 is 2.68 bits per heavy atom. The molecule has 2 aromatic heterocycles. The molecular formula is C24H26N4O3. The van der Waals surface area contributed by atoms with E-state index in [2.05, 4.69) is 21.0 Å². The SMILES string of the molecule is Cc1cc(C)cc(O[C@H](C)C(=O)N2CC[C@@H](c3cc(=O)[nH]c(-c4ccccn4)n3)C2)c1. The number of amides is 1. The van der Waals surface area contributed by atoms with E-state index in [-0.39, 0.29) is 17.4 Å². The second-order valence-corrected chi connectivity index (χ2v) is 8.09. The number of hydrogen-bond donors (Lipinski definition) is 1. The third-order valence-electron chi connectivity index (χ3n) is 5.44. The van der Waals surface area contributed by atoms with Crippen LogP contribution in [0, 0.1) is 13.8 Å². The molecule has 160 valence electrons. The van der Waals surface area contributed by atoms with Crippen molar-refractivity contribution < 1.29 is 9.53 Å². The second-order valence-electron chi connectivity index (χ2n) is 8.09. The molecule has 1 fully saturated rings. The highest BCUT2D eigenvalue weighted by atomic mass is 16.5. The van der Waals surface area contributed by atoms with Gasteiger partial charge in [-0.3, -0.25) is 14.6 Å². The van der Waals surface area contributed by atoms with Crippen LogP contribution >= 0.6 is 0 Å². The number of nitrogens with one attached hydrogen (secondary N) is 1. The van der Waals surface area contributed by atoms with E-state index in [1.165, 1.54) is 6.07 Å². The van der Waals surface area contributed by atoms with Crippen molar-refractivity contribution in [3.8, 4) is 17.3 Å². The van der Waals surface area contributed by atoms with E-state index < -0.39 is 6.10 Å². The van der Waals surface area contributed by atoms with Crippen LogP contribution in [0.1, 0.15) is 36.1 Å². The number of pyridine rings is 1. The number of aromatic nitrogens is 3. The molecule has 3 heterocycles. The molecule has 0 spiro atoms. The molecule has 1 aliphatic heterocycles. The Morgan fingerprint density at radius 1 is 1.19 bits per heavy atom. The zero-order valence-corrected chi connectivity index (χ0v) is 18.0. The maximum absolute atomic E-state index is 13.0. The first-order valence-corrected chi connectivity index (χ1v) is 10.5. The average molecular weight is 418 g/mol. The summed E-state index contributed by atoms with van der Waals surface area (Å²) in [6.45, 7) is 6.91. The summed E-state index contributed by atoms with van der Waals surface area (Å²) in [6.07, 6.45) is 1.83. The predicted octanol–water partition coefficient (Wildman–Crippen LogP) is 3.23. The Hall–Kier alpha value is -3.48. The van der Waals surface area contributed by atoms with Crippen LogP contribution in [0.25, 0.3) is 11.5 Å². The summed E-state index contributed by atoms with van der Waals surface area (Å²) in [5.74, 6) is 1.09. The Kier molecular flexibility index (Phi) is 5.84. The van der Waals surface area contributed by atoms with E-state index in [9.17, 15) is 9.59 Å². The van der Waals surface area contributed by atoms with Crippen LogP contribution in [0.15, 0.2) is 53.5 Å². The molecule has 0 unspecified atom stereocenters. The monoisotopic (exact) mass is 418 g/mol. The van der Waals surface area contributed by atoms with Crippen LogP contribution in [-0.4, -0.2) is 45.0 Å². The van der Waals surface area contributed by atoms with Gasteiger partial charge in [-0.15, -0.1) is 0 Å². The van der Waals surface area contributed by atoms with E-state index in [1.54, 1.807) is 24.1 Å². The number of rotatable bonds is 5. The fraction of sp³-hybridized carbons (Fsp3) is 0.333. The topological polar surface area (TPSA) is 88.2 Å². The van der Waals surface area contributed by atoms with Gasteiger partial charge in [0, 0.05) is 31.3 Å². The normalized spacial score (nSPS) is 16.9. The molecule has 7 nitrogen and oxygen atoms in total. The standard InChI is InChI=1S/C24H26N4O3/c1-15-10-16(2)12-19(11-15)31-17(3)24(30)28-9-7-18(14-28)21-13-22(29)27-23(26-21)20-6-4-5-8-25-20/h4-6,8,10-13,17-18H,7,9,14H2,1-3H3,(H,26,27,29)/t17-,18-/m1/s1. The molecule has 0 aliphatic carbocycles. The molecule has 7 heteroatoms. The molecule has 31 heavy (non-hydrogen) atoms. The molecule has 0 radical (unpaired) electrons. The highest BCUT2D eigenvalue weighted by molar-refractivity contribution is 5.81. The van der Waals surface area contributed by atoms with Crippen molar-refractivity contribution in [2.75, 3.05) is 13.1 Å². The molecule has 4 rings (SSSR count). The number of nitrogens with zero attached hydrogens (tertiary/aromatic N) is 3. The molecule has 0 bridgehead atoms. The summed E-state index contributed by atoms with van der Waals surface area (Å²) in [6, 6.07) is 12.9.